The fraction of sp³-hybridized carbons (Fsp3) is 0.484. The summed E-state index contributed by atoms with van der Waals surface area (Å²) in [6.07, 6.45) is 21.0. The van der Waals surface area contributed by atoms with Crippen molar-refractivity contribution >= 4 is 17.0 Å². The van der Waals surface area contributed by atoms with Gasteiger partial charge in [0, 0.05) is 27.9 Å². The fourth-order valence-electron chi connectivity index (χ4n) is 5.30. The highest BCUT2D eigenvalue weighted by molar-refractivity contribution is 7.13. The molecular formula is C31H43NS. The van der Waals surface area contributed by atoms with Crippen molar-refractivity contribution in [2.24, 2.45) is 17.8 Å². The first-order valence-electron chi connectivity index (χ1n) is 12.8. The van der Waals surface area contributed by atoms with E-state index < -0.39 is 0 Å². The largest absolute Gasteiger partial charge is 0.384 e. The maximum atomic E-state index is 4.29. The SMILES string of the molecule is C=CCCCNC(=C)c1ccc(C(CC2=CC(C)C(C3=CCCC=C3)C(C)=C2)CC(C)C)s1. The molecule has 33 heavy (non-hydrogen) atoms. The molecule has 0 aromatic carbocycles. The number of unbranched alkanes of at least 4 members (excludes halogenated alkanes) is 1. The van der Waals surface area contributed by atoms with Gasteiger partial charge >= 0.3 is 0 Å². The monoisotopic (exact) mass is 461 g/mol. The Kier molecular flexibility index (Phi) is 9.62. The minimum Gasteiger partial charge on any atom is -0.384 e. The average molecular weight is 462 g/mol. The molecule has 1 heterocycles. The molecule has 0 saturated heterocycles. The summed E-state index contributed by atoms with van der Waals surface area (Å²) in [7, 11) is 0. The summed E-state index contributed by atoms with van der Waals surface area (Å²) >= 11 is 1.92. The molecule has 3 atom stereocenters. The Labute approximate surface area is 206 Å². The third-order valence-electron chi connectivity index (χ3n) is 6.78. The van der Waals surface area contributed by atoms with Gasteiger partial charge in [0.2, 0.25) is 0 Å². The molecule has 0 fully saturated rings. The highest BCUT2D eigenvalue weighted by Crippen LogP contribution is 2.41. The van der Waals surface area contributed by atoms with Gasteiger partial charge in [-0.1, -0.05) is 75.0 Å². The second kappa shape index (κ2) is 12.4. The normalized spacial score (nSPS) is 21.3. The maximum absolute atomic E-state index is 4.29. The van der Waals surface area contributed by atoms with Gasteiger partial charge in [-0.05, 0) is 80.9 Å². The minimum absolute atomic E-state index is 0.540. The molecule has 2 aliphatic carbocycles. The number of hydrogen-bond donors (Lipinski definition) is 1. The molecule has 3 rings (SSSR count). The van der Waals surface area contributed by atoms with E-state index in [1.807, 2.05) is 17.4 Å². The molecular weight excluding hydrogens is 418 g/mol. The summed E-state index contributed by atoms with van der Waals surface area (Å²) < 4.78 is 0. The molecule has 0 saturated carbocycles. The Hall–Kier alpha value is -2.06. The number of allylic oxidation sites excluding steroid dienone is 9. The molecule has 3 unspecified atom stereocenters. The first-order valence-corrected chi connectivity index (χ1v) is 13.6. The van der Waals surface area contributed by atoms with Crippen LogP contribution in [0.1, 0.15) is 81.9 Å². The van der Waals surface area contributed by atoms with Gasteiger partial charge in [0.25, 0.3) is 0 Å². The van der Waals surface area contributed by atoms with E-state index in [9.17, 15) is 0 Å². The number of hydrogen-bond acceptors (Lipinski definition) is 2. The lowest BCUT2D eigenvalue weighted by Gasteiger charge is -2.31. The number of thiophene rings is 1. The van der Waals surface area contributed by atoms with Gasteiger partial charge in [-0.3, -0.25) is 0 Å². The van der Waals surface area contributed by atoms with E-state index in [0.29, 0.717) is 23.7 Å². The van der Waals surface area contributed by atoms with Crippen molar-refractivity contribution in [3.63, 3.8) is 0 Å². The predicted octanol–water partition coefficient (Wildman–Crippen LogP) is 9.21. The Balaban J connectivity index is 1.71. The van der Waals surface area contributed by atoms with Crippen LogP contribution in [0.4, 0.5) is 0 Å². The lowest BCUT2D eigenvalue weighted by Crippen LogP contribution is -2.18. The number of nitrogens with one attached hydrogen (secondary N) is 1. The van der Waals surface area contributed by atoms with Crippen LogP contribution < -0.4 is 5.32 Å². The van der Waals surface area contributed by atoms with Crippen molar-refractivity contribution in [2.45, 2.75) is 72.1 Å². The predicted molar refractivity (Wildman–Crippen MR) is 149 cm³/mol. The second-order valence-electron chi connectivity index (χ2n) is 10.2. The molecule has 178 valence electrons. The zero-order valence-corrected chi connectivity index (χ0v) is 22.0. The van der Waals surface area contributed by atoms with E-state index in [-0.39, 0.29) is 0 Å². The van der Waals surface area contributed by atoms with Crippen molar-refractivity contribution in [1.29, 1.82) is 0 Å². The Morgan fingerprint density at radius 3 is 2.76 bits per heavy atom. The van der Waals surface area contributed by atoms with Gasteiger partial charge < -0.3 is 5.32 Å². The Morgan fingerprint density at radius 2 is 2.09 bits per heavy atom. The molecule has 2 aliphatic rings. The average Bonchev–Trinajstić information content (AvgIpc) is 3.27. The maximum Gasteiger partial charge on any atom is 0.0498 e. The van der Waals surface area contributed by atoms with Gasteiger partial charge in [0.05, 0.1) is 0 Å². The molecule has 0 radical (unpaired) electrons. The van der Waals surface area contributed by atoms with Crippen molar-refractivity contribution in [2.75, 3.05) is 6.54 Å². The first-order chi connectivity index (χ1) is 15.9. The molecule has 1 aromatic heterocycles. The highest BCUT2D eigenvalue weighted by atomic mass is 32.1. The van der Waals surface area contributed by atoms with Crippen LogP contribution in [0.2, 0.25) is 0 Å². The summed E-state index contributed by atoms with van der Waals surface area (Å²) in [5, 5.41) is 3.49. The van der Waals surface area contributed by atoms with E-state index in [4.69, 9.17) is 0 Å². The zero-order chi connectivity index (χ0) is 23.8. The topological polar surface area (TPSA) is 12.0 Å². The summed E-state index contributed by atoms with van der Waals surface area (Å²) in [4.78, 5) is 2.76. The quantitative estimate of drug-likeness (QED) is 0.241. The third kappa shape index (κ3) is 7.21. The van der Waals surface area contributed by atoms with Crippen LogP contribution in [0.25, 0.3) is 5.70 Å². The standard InChI is InChI=1S/C31H43NS/c1-7-8-12-17-32-25(6)29-15-16-30(33-29)28(18-22(2)3)21-26-19-23(4)31(24(5)20-26)27-13-10-9-11-14-27/h7,10,13-16,19-20,22-23,28,31-32H,1,6,8-9,11-12,17-18,21H2,2-5H3. The van der Waals surface area contributed by atoms with Crippen LogP contribution in [-0.4, -0.2) is 6.54 Å². The first kappa shape index (κ1) is 25.6. The summed E-state index contributed by atoms with van der Waals surface area (Å²) in [5.41, 5.74) is 5.60. The van der Waals surface area contributed by atoms with Gasteiger partial charge in [0.1, 0.15) is 0 Å². The van der Waals surface area contributed by atoms with E-state index in [1.165, 1.54) is 45.7 Å². The second-order valence-corrected chi connectivity index (χ2v) is 11.3. The molecule has 1 N–H and O–H groups in total. The van der Waals surface area contributed by atoms with E-state index >= 15 is 0 Å². The zero-order valence-electron chi connectivity index (χ0n) is 21.2. The lowest BCUT2D eigenvalue weighted by atomic mass is 9.74. The van der Waals surface area contributed by atoms with E-state index in [2.05, 4.69) is 88.7 Å². The summed E-state index contributed by atoms with van der Waals surface area (Å²) in [6, 6.07) is 4.60. The molecule has 0 bridgehead atoms. The number of rotatable bonds is 12. The Bertz CT molecular complexity index is 936. The van der Waals surface area contributed by atoms with Gasteiger partial charge in [-0.2, -0.15) is 0 Å². The van der Waals surface area contributed by atoms with E-state index in [1.54, 1.807) is 0 Å². The lowest BCUT2D eigenvalue weighted by molar-refractivity contribution is 0.494. The van der Waals surface area contributed by atoms with Crippen LogP contribution in [0.3, 0.4) is 0 Å². The van der Waals surface area contributed by atoms with Crippen molar-refractivity contribution in [1.82, 2.24) is 5.32 Å². The van der Waals surface area contributed by atoms with E-state index in [0.717, 1.165) is 31.5 Å². The van der Waals surface area contributed by atoms with Crippen LogP contribution in [0, 0.1) is 17.8 Å². The molecule has 1 aromatic rings. The fourth-order valence-corrected chi connectivity index (χ4v) is 6.37. The molecule has 1 nitrogen and oxygen atoms in total. The van der Waals surface area contributed by atoms with Crippen LogP contribution >= 0.6 is 11.3 Å². The smallest absolute Gasteiger partial charge is 0.0498 e. The third-order valence-corrected chi connectivity index (χ3v) is 8.08. The molecule has 0 aliphatic heterocycles. The summed E-state index contributed by atoms with van der Waals surface area (Å²) in [6.45, 7) is 18.5. The Morgan fingerprint density at radius 1 is 1.27 bits per heavy atom. The van der Waals surface area contributed by atoms with Gasteiger partial charge in [-0.25, -0.2) is 0 Å². The van der Waals surface area contributed by atoms with Crippen molar-refractivity contribution < 1.29 is 0 Å². The minimum atomic E-state index is 0.540. The van der Waals surface area contributed by atoms with Crippen LogP contribution in [0.15, 0.2) is 78.5 Å². The van der Waals surface area contributed by atoms with Crippen LogP contribution in [-0.2, 0) is 0 Å². The summed E-state index contributed by atoms with van der Waals surface area (Å²) in [5.74, 6) is 2.33. The molecule has 0 spiro atoms. The van der Waals surface area contributed by atoms with Crippen molar-refractivity contribution in [3.05, 3.63) is 88.2 Å². The highest BCUT2D eigenvalue weighted by Gasteiger charge is 2.26. The molecule has 2 heteroatoms. The van der Waals surface area contributed by atoms with Gasteiger partial charge in [0.15, 0.2) is 0 Å². The van der Waals surface area contributed by atoms with Crippen molar-refractivity contribution in [3.8, 4) is 0 Å². The van der Waals surface area contributed by atoms with Crippen LogP contribution in [0.5, 0.6) is 0 Å². The van der Waals surface area contributed by atoms with Gasteiger partial charge in [-0.15, -0.1) is 17.9 Å². The molecule has 0 amide bonds.